The monoisotopic (exact) mass is 213 g/mol. The Morgan fingerprint density at radius 1 is 1.40 bits per heavy atom. The maximum absolute atomic E-state index is 5.66. The molecule has 15 heavy (non-hydrogen) atoms. The Bertz CT molecular complexity index is 184. The Hall–Kier alpha value is -0.540. The van der Waals surface area contributed by atoms with Crippen molar-refractivity contribution in [2.75, 3.05) is 39.5 Å². The van der Waals surface area contributed by atoms with Gasteiger partial charge in [-0.25, -0.2) is 0 Å². The lowest BCUT2D eigenvalue weighted by atomic mass is 10.3. The third-order valence-electron chi connectivity index (χ3n) is 2.68. The molecule has 0 unspecified atom stereocenters. The number of ether oxygens (including phenoxy) is 2. The second-order valence-electron chi connectivity index (χ2n) is 3.76. The van der Waals surface area contributed by atoms with Crippen molar-refractivity contribution in [3.8, 4) is 0 Å². The van der Waals surface area contributed by atoms with Gasteiger partial charge in [0.05, 0.1) is 12.4 Å². The van der Waals surface area contributed by atoms with Crippen molar-refractivity contribution < 1.29 is 9.47 Å². The fourth-order valence-corrected chi connectivity index (χ4v) is 1.72. The second kappa shape index (κ2) is 7.71. The van der Waals surface area contributed by atoms with E-state index in [-0.39, 0.29) is 0 Å². The van der Waals surface area contributed by atoms with Gasteiger partial charge >= 0.3 is 0 Å². The topological polar surface area (TPSA) is 21.7 Å². The summed E-state index contributed by atoms with van der Waals surface area (Å²) < 4.78 is 11.1. The van der Waals surface area contributed by atoms with Gasteiger partial charge in [-0.15, -0.1) is 0 Å². The fourth-order valence-electron chi connectivity index (χ4n) is 1.72. The Morgan fingerprint density at radius 3 is 3.00 bits per heavy atom. The summed E-state index contributed by atoms with van der Waals surface area (Å²) in [6, 6.07) is 0. The van der Waals surface area contributed by atoms with Crippen LogP contribution in [0.1, 0.15) is 26.7 Å². The molecule has 0 aromatic heterocycles. The van der Waals surface area contributed by atoms with Gasteiger partial charge in [-0.3, -0.25) is 4.90 Å². The molecule has 3 nitrogen and oxygen atoms in total. The summed E-state index contributed by atoms with van der Waals surface area (Å²) in [6.07, 6.45) is 4.18. The van der Waals surface area contributed by atoms with Crippen LogP contribution in [-0.4, -0.2) is 44.4 Å². The standard InChI is InChI=1S/C12H23NO2/c1-3-12(4-2)15-11-8-13-6-5-9-14-10-7-13/h3H,4-11H2,1-2H3/b12-3+. The first-order valence-corrected chi connectivity index (χ1v) is 5.95. The molecule has 1 rings (SSSR count). The molecule has 0 aromatic rings. The van der Waals surface area contributed by atoms with E-state index in [1.807, 2.05) is 13.0 Å². The van der Waals surface area contributed by atoms with Crippen LogP contribution < -0.4 is 0 Å². The van der Waals surface area contributed by atoms with Crippen molar-refractivity contribution in [2.45, 2.75) is 26.7 Å². The summed E-state index contributed by atoms with van der Waals surface area (Å²) in [5.74, 6) is 1.10. The normalized spacial score (nSPS) is 20.0. The molecule has 0 spiro atoms. The van der Waals surface area contributed by atoms with Gasteiger partial charge in [0, 0.05) is 32.7 Å². The summed E-state index contributed by atoms with van der Waals surface area (Å²) in [5.41, 5.74) is 0. The summed E-state index contributed by atoms with van der Waals surface area (Å²) in [5, 5.41) is 0. The molecule has 1 saturated heterocycles. The molecule has 0 saturated carbocycles. The van der Waals surface area contributed by atoms with Gasteiger partial charge in [-0.2, -0.15) is 0 Å². The summed E-state index contributed by atoms with van der Waals surface area (Å²) in [6.45, 7) is 9.92. The lowest BCUT2D eigenvalue weighted by molar-refractivity contribution is 0.128. The van der Waals surface area contributed by atoms with E-state index >= 15 is 0 Å². The van der Waals surface area contributed by atoms with Crippen molar-refractivity contribution in [3.05, 3.63) is 11.8 Å². The van der Waals surface area contributed by atoms with Crippen LogP contribution in [0.2, 0.25) is 0 Å². The van der Waals surface area contributed by atoms with E-state index in [0.717, 1.165) is 58.1 Å². The highest BCUT2D eigenvalue weighted by Gasteiger charge is 2.08. The first kappa shape index (κ1) is 12.5. The molecule has 1 aliphatic rings. The number of hydrogen-bond acceptors (Lipinski definition) is 3. The van der Waals surface area contributed by atoms with Crippen molar-refractivity contribution in [3.63, 3.8) is 0 Å². The van der Waals surface area contributed by atoms with Crippen molar-refractivity contribution in [1.82, 2.24) is 4.90 Å². The van der Waals surface area contributed by atoms with Crippen LogP contribution in [-0.2, 0) is 9.47 Å². The van der Waals surface area contributed by atoms with Crippen molar-refractivity contribution >= 4 is 0 Å². The molecule has 3 heteroatoms. The number of allylic oxidation sites excluding steroid dienone is 2. The number of nitrogens with zero attached hydrogens (tertiary/aromatic N) is 1. The molecule has 0 aliphatic carbocycles. The Labute approximate surface area is 93.0 Å². The largest absolute Gasteiger partial charge is 0.497 e. The molecule has 88 valence electrons. The zero-order valence-electron chi connectivity index (χ0n) is 10.00. The zero-order valence-corrected chi connectivity index (χ0v) is 10.00. The molecule has 0 radical (unpaired) electrons. The highest BCUT2D eigenvalue weighted by molar-refractivity contribution is 4.88. The molecular weight excluding hydrogens is 190 g/mol. The van der Waals surface area contributed by atoms with Gasteiger partial charge in [0.2, 0.25) is 0 Å². The lowest BCUT2D eigenvalue weighted by Gasteiger charge is -2.19. The maximum Gasteiger partial charge on any atom is 0.100 e. The fraction of sp³-hybridized carbons (Fsp3) is 0.833. The molecule has 1 heterocycles. The van der Waals surface area contributed by atoms with Crippen LogP contribution >= 0.6 is 0 Å². The van der Waals surface area contributed by atoms with E-state index in [2.05, 4.69) is 11.8 Å². The van der Waals surface area contributed by atoms with E-state index in [1.165, 1.54) is 0 Å². The van der Waals surface area contributed by atoms with Crippen LogP contribution in [0.3, 0.4) is 0 Å². The average molecular weight is 213 g/mol. The summed E-state index contributed by atoms with van der Waals surface area (Å²) in [7, 11) is 0. The van der Waals surface area contributed by atoms with Gasteiger partial charge < -0.3 is 9.47 Å². The second-order valence-corrected chi connectivity index (χ2v) is 3.76. The highest BCUT2D eigenvalue weighted by Crippen LogP contribution is 2.03. The Kier molecular flexibility index (Phi) is 6.44. The molecule has 0 N–H and O–H groups in total. The van der Waals surface area contributed by atoms with E-state index in [0.29, 0.717) is 0 Å². The van der Waals surface area contributed by atoms with E-state index in [1.54, 1.807) is 0 Å². The van der Waals surface area contributed by atoms with Crippen LogP contribution in [0.5, 0.6) is 0 Å². The van der Waals surface area contributed by atoms with Crippen molar-refractivity contribution in [1.29, 1.82) is 0 Å². The zero-order chi connectivity index (χ0) is 10.9. The quantitative estimate of drug-likeness (QED) is 0.652. The van der Waals surface area contributed by atoms with Gasteiger partial charge in [-0.1, -0.05) is 6.92 Å². The van der Waals surface area contributed by atoms with Crippen LogP contribution in [0.4, 0.5) is 0 Å². The molecule has 0 atom stereocenters. The summed E-state index contributed by atoms with van der Waals surface area (Å²) in [4.78, 5) is 2.41. The minimum absolute atomic E-state index is 0.799. The van der Waals surface area contributed by atoms with Gasteiger partial charge in [0.25, 0.3) is 0 Å². The lowest BCUT2D eigenvalue weighted by Crippen LogP contribution is -2.29. The van der Waals surface area contributed by atoms with Crippen LogP contribution in [0, 0.1) is 0 Å². The third kappa shape index (κ3) is 5.19. The SMILES string of the molecule is C/C=C(\CC)OCCN1CCCOCC1. The average Bonchev–Trinajstić information content (AvgIpc) is 2.53. The maximum atomic E-state index is 5.66. The molecular formula is C12H23NO2. The first-order valence-electron chi connectivity index (χ1n) is 5.95. The van der Waals surface area contributed by atoms with Crippen molar-refractivity contribution in [2.24, 2.45) is 0 Å². The van der Waals surface area contributed by atoms with E-state index < -0.39 is 0 Å². The van der Waals surface area contributed by atoms with E-state index in [4.69, 9.17) is 9.47 Å². The number of hydrogen-bond donors (Lipinski definition) is 0. The smallest absolute Gasteiger partial charge is 0.100 e. The minimum Gasteiger partial charge on any atom is -0.497 e. The van der Waals surface area contributed by atoms with Gasteiger partial charge in [0.15, 0.2) is 0 Å². The molecule has 1 fully saturated rings. The minimum atomic E-state index is 0.799. The number of rotatable bonds is 5. The van der Waals surface area contributed by atoms with Gasteiger partial charge in [0.1, 0.15) is 6.61 Å². The molecule has 0 bridgehead atoms. The first-order chi connectivity index (χ1) is 7.36. The third-order valence-corrected chi connectivity index (χ3v) is 2.68. The highest BCUT2D eigenvalue weighted by atomic mass is 16.5. The van der Waals surface area contributed by atoms with Gasteiger partial charge in [-0.05, 0) is 19.4 Å². The predicted molar refractivity (Wildman–Crippen MR) is 61.9 cm³/mol. The summed E-state index contributed by atoms with van der Waals surface area (Å²) >= 11 is 0. The van der Waals surface area contributed by atoms with Crippen LogP contribution in [0.25, 0.3) is 0 Å². The van der Waals surface area contributed by atoms with E-state index in [9.17, 15) is 0 Å². The molecule has 1 aliphatic heterocycles. The predicted octanol–water partition coefficient (Wildman–Crippen LogP) is 2.04. The van der Waals surface area contributed by atoms with Crippen LogP contribution in [0.15, 0.2) is 11.8 Å². The molecule has 0 amide bonds. The Morgan fingerprint density at radius 2 is 2.27 bits per heavy atom. The Balaban J connectivity index is 2.12. The molecule has 0 aromatic carbocycles.